The zero-order valence-electron chi connectivity index (χ0n) is 12.8. The Labute approximate surface area is 126 Å². The first-order chi connectivity index (χ1) is 10.3. The van der Waals surface area contributed by atoms with Crippen molar-refractivity contribution in [2.45, 2.75) is 6.54 Å². The van der Waals surface area contributed by atoms with Crippen molar-refractivity contribution in [3.8, 4) is 5.69 Å². The largest absolute Gasteiger partial charge is 0.379 e. The molecule has 0 aliphatic carbocycles. The van der Waals surface area contributed by atoms with Gasteiger partial charge >= 0.3 is 0 Å². The number of hydrogen-bond donors (Lipinski definition) is 1. The molecular weight excluding hydrogens is 264 g/mol. The van der Waals surface area contributed by atoms with E-state index in [0.29, 0.717) is 0 Å². The van der Waals surface area contributed by atoms with E-state index in [0.717, 1.165) is 38.5 Å². The van der Waals surface area contributed by atoms with E-state index in [9.17, 15) is 0 Å². The Hall–Kier alpha value is -1.69. The molecule has 1 aromatic carbocycles. The molecule has 0 bridgehead atoms. The predicted octanol–water partition coefficient (Wildman–Crippen LogP) is 1.54. The van der Waals surface area contributed by atoms with E-state index in [2.05, 4.69) is 53.6 Å². The quantitative estimate of drug-likeness (QED) is 0.711. The summed E-state index contributed by atoms with van der Waals surface area (Å²) < 4.78 is 7.53. The first kappa shape index (κ1) is 15.7. The standard InChI is InChI=1S/C16H24N4O/c1-19(2)10-12-21-11-8-17-13-15-3-5-16(6-4-15)20-9-7-18-14-20/h3-7,9,14,17H,8,10-13H2,1-2H3. The monoisotopic (exact) mass is 288 g/mol. The lowest BCUT2D eigenvalue weighted by Crippen LogP contribution is -2.23. The van der Waals surface area contributed by atoms with Gasteiger partial charge in [0.25, 0.3) is 0 Å². The summed E-state index contributed by atoms with van der Waals surface area (Å²) in [5, 5.41) is 3.39. The Morgan fingerprint density at radius 3 is 2.67 bits per heavy atom. The summed E-state index contributed by atoms with van der Waals surface area (Å²) >= 11 is 0. The predicted molar refractivity (Wildman–Crippen MR) is 84.6 cm³/mol. The molecule has 114 valence electrons. The number of aromatic nitrogens is 2. The van der Waals surface area contributed by atoms with E-state index in [1.54, 1.807) is 12.5 Å². The molecule has 5 nitrogen and oxygen atoms in total. The lowest BCUT2D eigenvalue weighted by Gasteiger charge is -2.10. The fourth-order valence-electron chi connectivity index (χ4n) is 1.92. The van der Waals surface area contributed by atoms with Gasteiger partial charge in [0.1, 0.15) is 0 Å². The SMILES string of the molecule is CN(C)CCOCCNCc1ccc(-n2ccnc2)cc1. The van der Waals surface area contributed by atoms with Gasteiger partial charge in [0.05, 0.1) is 19.5 Å². The van der Waals surface area contributed by atoms with Crippen LogP contribution in [0.25, 0.3) is 5.69 Å². The van der Waals surface area contributed by atoms with E-state index < -0.39 is 0 Å². The highest BCUT2D eigenvalue weighted by Gasteiger charge is 1.97. The van der Waals surface area contributed by atoms with Crippen molar-refractivity contribution in [1.29, 1.82) is 0 Å². The molecule has 0 amide bonds. The summed E-state index contributed by atoms with van der Waals surface area (Å²) in [6, 6.07) is 8.48. The molecule has 2 aromatic rings. The molecule has 0 saturated carbocycles. The third kappa shape index (κ3) is 5.67. The molecule has 0 spiro atoms. The first-order valence-corrected chi connectivity index (χ1v) is 7.26. The summed E-state index contributed by atoms with van der Waals surface area (Å²) in [4.78, 5) is 6.17. The van der Waals surface area contributed by atoms with Gasteiger partial charge < -0.3 is 19.5 Å². The van der Waals surface area contributed by atoms with Crippen LogP contribution in [0.2, 0.25) is 0 Å². The molecule has 0 radical (unpaired) electrons. The van der Waals surface area contributed by atoms with Gasteiger partial charge in [0, 0.05) is 37.7 Å². The summed E-state index contributed by atoms with van der Waals surface area (Å²) in [6.07, 6.45) is 5.53. The van der Waals surface area contributed by atoms with Crippen molar-refractivity contribution in [2.75, 3.05) is 40.4 Å². The van der Waals surface area contributed by atoms with Gasteiger partial charge in [-0.2, -0.15) is 0 Å². The smallest absolute Gasteiger partial charge is 0.0991 e. The number of benzene rings is 1. The van der Waals surface area contributed by atoms with Crippen LogP contribution in [0.15, 0.2) is 43.0 Å². The van der Waals surface area contributed by atoms with Gasteiger partial charge in [-0.15, -0.1) is 0 Å². The van der Waals surface area contributed by atoms with Gasteiger partial charge in [0.2, 0.25) is 0 Å². The second kappa shape index (κ2) is 8.56. The van der Waals surface area contributed by atoms with Crippen LogP contribution in [0, 0.1) is 0 Å². The number of ether oxygens (including phenoxy) is 1. The summed E-state index contributed by atoms with van der Waals surface area (Å²) in [5.74, 6) is 0. The Bertz CT molecular complexity index is 494. The van der Waals surface area contributed by atoms with Gasteiger partial charge in [0.15, 0.2) is 0 Å². The molecule has 0 saturated heterocycles. The second-order valence-electron chi connectivity index (χ2n) is 5.23. The molecule has 0 aliphatic rings. The Morgan fingerprint density at radius 2 is 2.00 bits per heavy atom. The second-order valence-corrected chi connectivity index (χ2v) is 5.23. The van der Waals surface area contributed by atoms with Gasteiger partial charge in [-0.3, -0.25) is 0 Å². The van der Waals surface area contributed by atoms with E-state index in [1.807, 2.05) is 10.8 Å². The molecule has 0 atom stereocenters. The summed E-state index contributed by atoms with van der Waals surface area (Å²) in [7, 11) is 4.10. The maximum absolute atomic E-state index is 5.54. The van der Waals surface area contributed by atoms with Crippen LogP contribution in [0.4, 0.5) is 0 Å². The Balaban J connectivity index is 1.63. The fourth-order valence-corrected chi connectivity index (χ4v) is 1.92. The Morgan fingerprint density at radius 1 is 1.19 bits per heavy atom. The van der Waals surface area contributed by atoms with Crippen molar-refractivity contribution < 1.29 is 4.74 Å². The minimum Gasteiger partial charge on any atom is -0.379 e. The van der Waals surface area contributed by atoms with Crippen LogP contribution in [0.1, 0.15) is 5.56 Å². The molecule has 1 heterocycles. The number of rotatable bonds is 9. The van der Waals surface area contributed by atoms with Crippen LogP contribution >= 0.6 is 0 Å². The molecular formula is C16H24N4O. The molecule has 0 aliphatic heterocycles. The average molecular weight is 288 g/mol. The van der Waals surface area contributed by atoms with Crippen molar-refractivity contribution in [1.82, 2.24) is 19.8 Å². The highest BCUT2D eigenvalue weighted by molar-refractivity contribution is 5.34. The van der Waals surface area contributed by atoms with Crippen LogP contribution < -0.4 is 5.32 Å². The van der Waals surface area contributed by atoms with Crippen LogP contribution in [-0.4, -0.2) is 54.8 Å². The summed E-state index contributed by atoms with van der Waals surface area (Å²) in [5.41, 5.74) is 2.40. The number of imidazole rings is 1. The van der Waals surface area contributed by atoms with Gasteiger partial charge in [-0.1, -0.05) is 12.1 Å². The topological polar surface area (TPSA) is 42.3 Å². The number of hydrogen-bond acceptors (Lipinski definition) is 4. The number of likely N-dealkylation sites (N-methyl/N-ethyl adjacent to an activating group) is 1. The first-order valence-electron chi connectivity index (χ1n) is 7.26. The summed E-state index contributed by atoms with van der Waals surface area (Å²) in [6.45, 7) is 4.24. The number of nitrogens with one attached hydrogen (secondary N) is 1. The molecule has 5 heteroatoms. The zero-order chi connectivity index (χ0) is 14.9. The number of nitrogens with zero attached hydrogens (tertiary/aromatic N) is 3. The van der Waals surface area contributed by atoms with Gasteiger partial charge in [-0.25, -0.2) is 4.98 Å². The van der Waals surface area contributed by atoms with Crippen LogP contribution in [-0.2, 0) is 11.3 Å². The van der Waals surface area contributed by atoms with Crippen molar-refractivity contribution in [2.24, 2.45) is 0 Å². The minimum atomic E-state index is 0.751. The minimum absolute atomic E-state index is 0.751. The molecule has 2 rings (SSSR count). The van der Waals surface area contributed by atoms with Crippen LogP contribution in [0.3, 0.4) is 0 Å². The Kier molecular flexibility index (Phi) is 6.40. The van der Waals surface area contributed by atoms with Crippen molar-refractivity contribution in [3.05, 3.63) is 48.5 Å². The normalized spacial score (nSPS) is 11.2. The lowest BCUT2D eigenvalue weighted by atomic mass is 10.2. The van der Waals surface area contributed by atoms with Crippen molar-refractivity contribution in [3.63, 3.8) is 0 Å². The molecule has 0 unspecified atom stereocenters. The van der Waals surface area contributed by atoms with Crippen molar-refractivity contribution >= 4 is 0 Å². The highest BCUT2D eigenvalue weighted by atomic mass is 16.5. The maximum atomic E-state index is 5.54. The van der Waals surface area contributed by atoms with Crippen LogP contribution in [0.5, 0.6) is 0 Å². The maximum Gasteiger partial charge on any atom is 0.0991 e. The van der Waals surface area contributed by atoms with Gasteiger partial charge in [-0.05, 0) is 31.8 Å². The zero-order valence-corrected chi connectivity index (χ0v) is 12.8. The highest BCUT2D eigenvalue weighted by Crippen LogP contribution is 2.08. The molecule has 21 heavy (non-hydrogen) atoms. The van der Waals surface area contributed by atoms with E-state index >= 15 is 0 Å². The molecule has 0 fully saturated rings. The average Bonchev–Trinajstić information content (AvgIpc) is 3.01. The fraction of sp³-hybridized carbons (Fsp3) is 0.438. The molecule has 1 aromatic heterocycles. The third-order valence-electron chi connectivity index (χ3n) is 3.17. The van der Waals surface area contributed by atoms with E-state index in [-0.39, 0.29) is 0 Å². The molecule has 1 N–H and O–H groups in total. The lowest BCUT2D eigenvalue weighted by molar-refractivity contribution is 0.119. The van der Waals surface area contributed by atoms with E-state index in [1.165, 1.54) is 5.56 Å². The third-order valence-corrected chi connectivity index (χ3v) is 3.17. The van der Waals surface area contributed by atoms with E-state index in [4.69, 9.17) is 4.74 Å².